The standard InChI is InChI=1S/C10H11F6N3/c11-9(12,13)6-19(5-4-17)8-3-1-2-7(18-8)10(14,15)16/h1-3H,4-6,17H2. The summed E-state index contributed by atoms with van der Waals surface area (Å²) >= 11 is 0. The van der Waals surface area contributed by atoms with Crippen LogP contribution in [0.4, 0.5) is 32.2 Å². The van der Waals surface area contributed by atoms with Gasteiger partial charge in [-0.1, -0.05) is 6.07 Å². The molecular weight excluding hydrogens is 276 g/mol. The highest BCUT2D eigenvalue weighted by atomic mass is 19.4. The van der Waals surface area contributed by atoms with Gasteiger partial charge in [0.05, 0.1) is 0 Å². The van der Waals surface area contributed by atoms with E-state index in [2.05, 4.69) is 4.98 Å². The molecule has 0 fully saturated rings. The Morgan fingerprint density at radius 3 is 2.21 bits per heavy atom. The van der Waals surface area contributed by atoms with E-state index in [1.807, 2.05) is 0 Å². The van der Waals surface area contributed by atoms with Crippen molar-refractivity contribution in [1.29, 1.82) is 0 Å². The minimum atomic E-state index is -4.71. The third-order valence-corrected chi connectivity index (χ3v) is 2.12. The van der Waals surface area contributed by atoms with Crippen LogP contribution in [0.1, 0.15) is 5.69 Å². The number of hydrogen-bond acceptors (Lipinski definition) is 3. The highest BCUT2D eigenvalue weighted by molar-refractivity contribution is 5.40. The molecule has 0 amide bonds. The van der Waals surface area contributed by atoms with Crippen molar-refractivity contribution in [3.63, 3.8) is 0 Å². The van der Waals surface area contributed by atoms with Crippen molar-refractivity contribution in [3.8, 4) is 0 Å². The Balaban J connectivity index is 3.03. The van der Waals surface area contributed by atoms with Gasteiger partial charge in [0.1, 0.15) is 18.1 Å². The predicted molar refractivity (Wildman–Crippen MR) is 56.6 cm³/mol. The van der Waals surface area contributed by atoms with Crippen LogP contribution in [-0.4, -0.2) is 30.8 Å². The van der Waals surface area contributed by atoms with Gasteiger partial charge in [0, 0.05) is 13.1 Å². The lowest BCUT2D eigenvalue weighted by atomic mass is 10.3. The van der Waals surface area contributed by atoms with Crippen LogP contribution < -0.4 is 10.6 Å². The molecule has 108 valence electrons. The minimum absolute atomic E-state index is 0.131. The zero-order valence-corrected chi connectivity index (χ0v) is 9.59. The third kappa shape index (κ3) is 4.93. The largest absolute Gasteiger partial charge is 0.433 e. The van der Waals surface area contributed by atoms with Crippen LogP contribution in [0.5, 0.6) is 0 Å². The molecule has 1 aromatic heterocycles. The van der Waals surface area contributed by atoms with Gasteiger partial charge in [-0.25, -0.2) is 4.98 Å². The molecule has 9 heteroatoms. The summed E-state index contributed by atoms with van der Waals surface area (Å²) in [6.45, 7) is -1.78. The van der Waals surface area contributed by atoms with Gasteiger partial charge in [0.25, 0.3) is 0 Å². The van der Waals surface area contributed by atoms with Crippen molar-refractivity contribution >= 4 is 5.82 Å². The first-order valence-corrected chi connectivity index (χ1v) is 5.19. The zero-order chi connectivity index (χ0) is 14.7. The lowest BCUT2D eigenvalue weighted by Gasteiger charge is -2.24. The van der Waals surface area contributed by atoms with Crippen LogP contribution >= 0.6 is 0 Å². The molecule has 0 unspecified atom stereocenters. The van der Waals surface area contributed by atoms with E-state index in [0.29, 0.717) is 11.0 Å². The average molecular weight is 287 g/mol. The summed E-state index contributed by atoms with van der Waals surface area (Å²) in [6.07, 6.45) is -9.26. The number of pyridine rings is 1. The number of hydrogen-bond donors (Lipinski definition) is 1. The molecule has 0 atom stereocenters. The molecule has 0 bridgehead atoms. The Kier molecular flexibility index (Phi) is 4.61. The fourth-order valence-corrected chi connectivity index (χ4v) is 1.40. The molecule has 0 aliphatic heterocycles. The topological polar surface area (TPSA) is 42.1 Å². The fourth-order valence-electron chi connectivity index (χ4n) is 1.40. The molecule has 19 heavy (non-hydrogen) atoms. The number of halogens is 6. The third-order valence-electron chi connectivity index (χ3n) is 2.12. The van der Waals surface area contributed by atoms with E-state index in [1.165, 1.54) is 0 Å². The summed E-state index contributed by atoms with van der Waals surface area (Å²) in [6, 6.07) is 2.78. The Bertz CT molecular complexity index is 414. The van der Waals surface area contributed by atoms with E-state index in [-0.39, 0.29) is 13.1 Å². The molecule has 0 saturated carbocycles. The first-order chi connectivity index (χ1) is 8.63. The maximum absolute atomic E-state index is 12.4. The van der Waals surface area contributed by atoms with Crippen molar-refractivity contribution in [2.75, 3.05) is 24.5 Å². The van der Waals surface area contributed by atoms with Crippen LogP contribution in [0.25, 0.3) is 0 Å². The minimum Gasteiger partial charge on any atom is -0.346 e. The van der Waals surface area contributed by atoms with Crippen LogP contribution in [0.15, 0.2) is 18.2 Å². The fraction of sp³-hybridized carbons (Fsp3) is 0.500. The smallest absolute Gasteiger partial charge is 0.346 e. The summed E-state index contributed by atoms with van der Waals surface area (Å²) < 4.78 is 74.2. The van der Waals surface area contributed by atoms with E-state index in [4.69, 9.17) is 5.73 Å². The SMILES string of the molecule is NCCN(CC(F)(F)F)c1cccc(C(F)(F)F)n1. The normalized spacial score (nSPS) is 12.6. The molecule has 0 saturated heterocycles. The quantitative estimate of drug-likeness (QED) is 0.865. The molecule has 0 aliphatic carbocycles. The number of nitrogens with two attached hydrogens (primary N) is 1. The van der Waals surface area contributed by atoms with Gasteiger partial charge in [-0.3, -0.25) is 0 Å². The Hall–Kier alpha value is -1.51. The first-order valence-electron chi connectivity index (χ1n) is 5.19. The summed E-state index contributed by atoms with van der Waals surface area (Å²) in [7, 11) is 0. The Morgan fingerprint density at radius 2 is 1.74 bits per heavy atom. The van der Waals surface area contributed by atoms with Crippen molar-refractivity contribution in [1.82, 2.24) is 4.98 Å². The van der Waals surface area contributed by atoms with Crippen molar-refractivity contribution in [2.45, 2.75) is 12.4 Å². The van der Waals surface area contributed by atoms with Gasteiger partial charge in [0.15, 0.2) is 0 Å². The monoisotopic (exact) mass is 287 g/mol. The van der Waals surface area contributed by atoms with E-state index >= 15 is 0 Å². The molecule has 1 aromatic rings. The maximum atomic E-state index is 12.4. The Labute approximate surface area is 105 Å². The van der Waals surface area contributed by atoms with Crippen LogP contribution in [0, 0.1) is 0 Å². The second-order valence-corrected chi connectivity index (χ2v) is 3.70. The van der Waals surface area contributed by atoms with Crippen LogP contribution in [-0.2, 0) is 6.18 Å². The summed E-state index contributed by atoms with van der Waals surface area (Å²) in [5, 5.41) is 0. The maximum Gasteiger partial charge on any atom is 0.433 e. The number of nitrogens with zero attached hydrogens (tertiary/aromatic N) is 2. The van der Waals surface area contributed by atoms with Crippen molar-refractivity contribution in [2.24, 2.45) is 5.73 Å². The predicted octanol–water partition coefficient (Wildman–Crippen LogP) is 2.43. The molecule has 0 aromatic carbocycles. The average Bonchev–Trinajstić information content (AvgIpc) is 2.26. The molecule has 2 N–H and O–H groups in total. The molecule has 1 heterocycles. The van der Waals surface area contributed by atoms with E-state index in [0.717, 1.165) is 12.1 Å². The second-order valence-electron chi connectivity index (χ2n) is 3.70. The number of rotatable bonds is 4. The number of anilines is 1. The number of alkyl halides is 6. The molecule has 0 radical (unpaired) electrons. The lowest BCUT2D eigenvalue weighted by molar-refractivity contribution is -0.141. The molecule has 3 nitrogen and oxygen atoms in total. The summed E-state index contributed by atoms with van der Waals surface area (Å²) in [5.41, 5.74) is 3.91. The summed E-state index contributed by atoms with van der Waals surface area (Å²) in [5.74, 6) is -0.405. The summed E-state index contributed by atoms with van der Waals surface area (Å²) in [4.78, 5) is 3.85. The van der Waals surface area contributed by atoms with Gasteiger partial charge in [-0.05, 0) is 12.1 Å². The second kappa shape index (κ2) is 5.64. The lowest BCUT2D eigenvalue weighted by Crippen LogP contribution is -2.38. The molecule has 0 aliphatic rings. The van der Waals surface area contributed by atoms with Crippen LogP contribution in [0.2, 0.25) is 0 Å². The van der Waals surface area contributed by atoms with Crippen molar-refractivity contribution < 1.29 is 26.3 Å². The molecule has 1 rings (SSSR count). The van der Waals surface area contributed by atoms with Gasteiger partial charge < -0.3 is 10.6 Å². The van der Waals surface area contributed by atoms with Gasteiger partial charge in [0.2, 0.25) is 0 Å². The van der Waals surface area contributed by atoms with E-state index in [1.54, 1.807) is 0 Å². The highest BCUT2D eigenvalue weighted by Crippen LogP contribution is 2.29. The van der Waals surface area contributed by atoms with E-state index in [9.17, 15) is 26.3 Å². The van der Waals surface area contributed by atoms with Gasteiger partial charge >= 0.3 is 12.4 Å². The first kappa shape index (κ1) is 15.5. The Morgan fingerprint density at radius 1 is 1.11 bits per heavy atom. The number of aromatic nitrogens is 1. The highest BCUT2D eigenvalue weighted by Gasteiger charge is 2.34. The van der Waals surface area contributed by atoms with Crippen LogP contribution in [0.3, 0.4) is 0 Å². The van der Waals surface area contributed by atoms with Crippen molar-refractivity contribution in [3.05, 3.63) is 23.9 Å². The zero-order valence-electron chi connectivity index (χ0n) is 9.59. The van der Waals surface area contributed by atoms with E-state index < -0.39 is 30.4 Å². The molecular formula is C10H11F6N3. The molecule has 0 spiro atoms. The van der Waals surface area contributed by atoms with Gasteiger partial charge in [-0.15, -0.1) is 0 Å². The van der Waals surface area contributed by atoms with Gasteiger partial charge in [-0.2, -0.15) is 26.3 Å².